The molecule has 2 N–H and O–H groups in total. The first-order chi connectivity index (χ1) is 15.2. The highest BCUT2D eigenvalue weighted by Crippen LogP contribution is 2.68. The number of carbonyl (C=O) groups excluding carboxylic acids is 1. The molecular formula is C27H46O5. The van der Waals surface area contributed by atoms with Crippen LogP contribution in [0.25, 0.3) is 0 Å². The molecule has 0 aromatic carbocycles. The average molecular weight is 451 g/mol. The van der Waals surface area contributed by atoms with Crippen molar-refractivity contribution < 1.29 is 24.5 Å². The van der Waals surface area contributed by atoms with E-state index in [1.807, 2.05) is 0 Å². The van der Waals surface area contributed by atoms with Gasteiger partial charge in [0.15, 0.2) is 0 Å². The number of carbonyl (C=O) groups is 1. The van der Waals surface area contributed by atoms with Crippen molar-refractivity contribution in [1.82, 2.24) is 0 Å². The number of esters is 1. The number of aliphatic hydroxyl groups is 2. The second-order valence-electron chi connectivity index (χ2n) is 12.2. The summed E-state index contributed by atoms with van der Waals surface area (Å²) in [6, 6.07) is 0. The van der Waals surface area contributed by atoms with Crippen LogP contribution in [0.2, 0.25) is 0 Å². The van der Waals surface area contributed by atoms with Crippen LogP contribution in [0.3, 0.4) is 0 Å². The quantitative estimate of drug-likeness (QED) is 0.438. The van der Waals surface area contributed by atoms with E-state index in [0.29, 0.717) is 55.1 Å². The Hall–Kier alpha value is -0.650. The number of aliphatic hydroxyl groups excluding tert-OH is 2. The highest BCUT2D eigenvalue weighted by molar-refractivity contribution is 5.69. The molecule has 32 heavy (non-hydrogen) atoms. The van der Waals surface area contributed by atoms with Crippen LogP contribution in [-0.2, 0) is 14.3 Å². The van der Waals surface area contributed by atoms with Crippen molar-refractivity contribution in [3.63, 3.8) is 0 Å². The smallest absolute Gasteiger partial charge is 0.305 e. The minimum Gasteiger partial charge on any atom is -0.463 e. The summed E-state index contributed by atoms with van der Waals surface area (Å²) in [5, 5.41) is 21.6. The molecule has 0 radical (unpaired) electrons. The minimum atomic E-state index is -0.224. The molecule has 4 rings (SSSR count). The van der Waals surface area contributed by atoms with Gasteiger partial charge in [0.1, 0.15) is 6.61 Å². The predicted molar refractivity (Wildman–Crippen MR) is 124 cm³/mol. The van der Waals surface area contributed by atoms with Gasteiger partial charge in [0.05, 0.1) is 18.8 Å². The van der Waals surface area contributed by atoms with Gasteiger partial charge < -0.3 is 19.7 Å². The van der Waals surface area contributed by atoms with Crippen molar-refractivity contribution in [2.24, 2.45) is 46.3 Å². The molecule has 0 unspecified atom stereocenters. The Labute approximate surface area is 194 Å². The molecule has 5 nitrogen and oxygen atoms in total. The van der Waals surface area contributed by atoms with Crippen LogP contribution in [0.1, 0.15) is 85.0 Å². The third kappa shape index (κ3) is 4.27. The molecule has 0 amide bonds. The Morgan fingerprint density at radius 1 is 1.00 bits per heavy atom. The third-order valence-corrected chi connectivity index (χ3v) is 10.8. The highest BCUT2D eigenvalue weighted by atomic mass is 16.6. The fourth-order valence-corrected chi connectivity index (χ4v) is 9.03. The number of methoxy groups -OCH3 is 1. The van der Waals surface area contributed by atoms with E-state index in [9.17, 15) is 15.0 Å². The number of hydrogen-bond donors (Lipinski definition) is 2. The van der Waals surface area contributed by atoms with Gasteiger partial charge in [-0.3, -0.25) is 4.79 Å². The number of hydrogen-bond acceptors (Lipinski definition) is 5. The van der Waals surface area contributed by atoms with Gasteiger partial charge in [0.25, 0.3) is 0 Å². The molecule has 184 valence electrons. The molecule has 4 aliphatic rings. The zero-order valence-corrected chi connectivity index (χ0v) is 20.7. The lowest BCUT2D eigenvalue weighted by Crippen LogP contribution is -2.58. The molecule has 0 aliphatic heterocycles. The SMILES string of the molecule is COCCOC(=O)CC[C@@H](C)[C@H]1CC[C@H]2[C@@H]3[C@@H](O)C[C@@H]4C[C@H](O)CC[C@]4(C)[C@H]3CC[C@]12C. The Kier molecular flexibility index (Phi) is 7.30. The maximum atomic E-state index is 12.1. The summed E-state index contributed by atoms with van der Waals surface area (Å²) < 4.78 is 10.2. The average Bonchev–Trinajstić information content (AvgIpc) is 3.11. The van der Waals surface area contributed by atoms with Gasteiger partial charge in [0, 0.05) is 13.5 Å². The van der Waals surface area contributed by atoms with Gasteiger partial charge in [0.2, 0.25) is 0 Å². The fraction of sp³-hybridized carbons (Fsp3) is 0.963. The van der Waals surface area contributed by atoms with Crippen molar-refractivity contribution in [3.8, 4) is 0 Å². The molecule has 4 aliphatic carbocycles. The van der Waals surface area contributed by atoms with E-state index >= 15 is 0 Å². The Morgan fingerprint density at radius 2 is 1.72 bits per heavy atom. The van der Waals surface area contributed by atoms with Crippen LogP contribution in [0.5, 0.6) is 0 Å². The molecule has 10 atom stereocenters. The number of fused-ring (bicyclic) bond motifs is 5. The lowest BCUT2D eigenvalue weighted by molar-refractivity contribution is -0.174. The number of rotatable bonds is 7. The Balaban J connectivity index is 1.42. The Bertz CT molecular complexity index is 666. The summed E-state index contributed by atoms with van der Waals surface area (Å²) in [5.41, 5.74) is 0.541. The molecular weight excluding hydrogens is 404 g/mol. The van der Waals surface area contributed by atoms with Gasteiger partial charge >= 0.3 is 5.97 Å². The molecule has 0 aromatic rings. The maximum absolute atomic E-state index is 12.1. The number of ether oxygens (including phenoxy) is 2. The van der Waals surface area contributed by atoms with E-state index in [-0.39, 0.29) is 29.0 Å². The summed E-state index contributed by atoms with van der Waals surface area (Å²) in [5.74, 6) is 3.04. The first-order valence-electron chi connectivity index (χ1n) is 13.2. The first kappa shape index (κ1) is 24.5. The lowest BCUT2D eigenvalue weighted by atomic mass is 9.43. The predicted octanol–water partition coefficient (Wildman–Crippen LogP) is 4.58. The highest BCUT2D eigenvalue weighted by Gasteiger charge is 2.62. The van der Waals surface area contributed by atoms with Crippen LogP contribution in [-0.4, -0.2) is 48.7 Å². The summed E-state index contributed by atoms with van der Waals surface area (Å²) in [7, 11) is 1.61. The zero-order valence-electron chi connectivity index (χ0n) is 20.7. The van der Waals surface area contributed by atoms with E-state index in [2.05, 4.69) is 20.8 Å². The second kappa shape index (κ2) is 9.54. The first-order valence-corrected chi connectivity index (χ1v) is 13.2. The van der Waals surface area contributed by atoms with E-state index in [1.54, 1.807) is 7.11 Å². The van der Waals surface area contributed by atoms with Crippen LogP contribution in [0.4, 0.5) is 0 Å². The van der Waals surface area contributed by atoms with Crippen molar-refractivity contribution in [2.45, 2.75) is 97.2 Å². The Morgan fingerprint density at radius 3 is 2.47 bits per heavy atom. The van der Waals surface area contributed by atoms with Gasteiger partial charge in [-0.05, 0) is 104 Å². The molecule has 4 fully saturated rings. The second-order valence-corrected chi connectivity index (χ2v) is 12.2. The third-order valence-electron chi connectivity index (χ3n) is 10.8. The van der Waals surface area contributed by atoms with E-state index in [0.717, 1.165) is 32.1 Å². The molecule has 0 spiro atoms. The standard InChI is InChI=1S/C27H46O5/c1-17(5-8-24(30)32-14-13-31-4)20-6-7-21-25-22(10-12-27(20,21)3)26(2)11-9-19(28)15-18(26)16-23(25)29/h17-23,25,28-29H,5-16H2,1-4H3/t17-,18+,19-,20-,21+,22+,23+,25+,26+,27-/m1/s1. The molecule has 0 heterocycles. The van der Waals surface area contributed by atoms with Gasteiger partial charge in [-0.25, -0.2) is 0 Å². The summed E-state index contributed by atoms with van der Waals surface area (Å²) >= 11 is 0. The van der Waals surface area contributed by atoms with E-state index < -0.39 is 0 Å². The molecule has 4 saturated carbocycles. The van der Waals surface area contributed by atoms with Gasteiger partial charge in [-0.1, -0.05) is 20.8 Å². The summed E-state index contributed by atoms with van der Waals surface area (Å²) in [4.78, 5) is 12.1. The maximum Gasteiger partial charge on any atom is 0.305 e. The van der Waals surface area contributed by atoms with Gasteiger partial charge in [-0.2, -0.15) is 0 Å². The lowest BCUT2D eigenvalue weighted by Gasteiger charge is -2.62. The normalized spacial score (nSPS) is 46.6. The largest absolute Gasteiger partial charge is 0.463 e. The molecule has 0 saturated heterocycles. The van der Waals surface area contributed by atoms with Crippen molar-refractivity contribution in [2.75, 3.05) is 20.3 Å². The fourth-order valence-electron chi connectivity index (χ4n) is 9.03. The monoisotopic (exact) mass is 450 g/mol. The van der Waals surface area contributed by atoms with E-state index in [4.69, 9.17) is 9.47 Å². The van der Waals surface area contributed by atoms with Crippen molar-refractivity contribution >= 4 is 5.97 Å². The van der Waals surface area contributed by atoms with Crippen LogP contribution < -0.4 is 0 Å². The van der Waals surface area contributed by atoms with Crippen LogP contribution >= 0.6 is 0 Å². The van der Waals surface area contributed by atoms with Crippen molar-refractivity contribution in [1.29, 1.82) is 0 Å². The molecule has 5 heteroatoms. The zero-order chi connectivity index (χ0) is 23.1. The summed E-state index contributed by atoms with van der Waals surface area (Å²) in [6.07, 6.45) is 9.63. The van der Waals surface area contributed by atoms with Crippen LogP contribution in [0, 0.1) is 46.3 Å². The minimum absolute atomic E-state index is 0.113. The van der Waals surface area contributed by atoms with Crippen molar-refractivity contribution in [3.05, 3.63) is 0 Å². The summed E-state index contributed by atoms with van der Waals surface area (Å²) in [6.45, 7) is 8.08. The van der Waals surface area contributed by atoms with E-state index in [1.165, 1.54) is 25.7 Å². The topological polar surface area (TPSA) is 76.0 Å². The van der Waals surface area contributed by atoms with Crippen LogP contribution in [0.15, 0.2) is 0 Å². The molecule has 0 bridgehead atoms. The molecule has 0 aromatic heterocycles. The van der Waals surface area contributed by atoms with Gasteiger partial charge in [-0.15, -0.1) is 0 Å².